The summed E-state index contributed by atoms with van der Waals surface area (Å²) in [4.78, 5) is 22.7. The summed E-state index contributed by atoms with van der Waals surface area (Å²) in [5, 5.41) is 21.0. The van der Waals surface area contributed by atoms with E-state index in [1.165, 1.54) is 6.07 Å². The summed E-state index contributed by atoms with van der Waals surface area (Å²) >= 11 is 0. The largest absolute Gasteiger partial charge is 0.478 e. The molecule has 2 heterocycles. The average Bonchev–Trinajstić information content (AvgIpc) is 2.89. The number of nitrogens with zero attached hydrogens (tertiary/aromatic N) is 2. The molecule has 0 bridgehead atoms. The van der Waals surface area contributed by atoms with E-state index in [1.54, 1.807) is 47.0 Å². The number of rotatable bonds is 4. The summed E-state index contributed by atoms with van der Waals surface area (Å²) in [6.07, 6.45) is 2.33. The molecule has 3 rings (SSSR count). The van der Waals surface area contributed by atoms with Gasteiger partial charge >= 0.3 is 5.97 Å². The molecule has 0 saturated carbocycles. The summed E-state index contributed by atoms with van der Waals surface area (Å²) in [6.45, 7) is 1.90. The van der Waals surface area contributed by atoms with Crippen LogP contribution in [0.3, 0.4) is 0 Å². The van der Waals surface area contributed by atoms with Gasteiger partial charge < -0.3 is 9.51 Å². The molecule has 0 aliphatic heterocycles. The van der Waals surface area contributed by atoms with E-state index in [1.807, 2.05) is 6.92 Å². The van der Waals surface area contributed by atoms with E-state index in [2.05, 4.69) is 0 Å². The molecule has 6 heteroatoms. The second kappa shape index (κ2) is 5.57. The quantitative estimate of drug-likeness (QED) is 0.587. The molecular formula is C17H14N2O4. The molecule has 2 aromatic heterocycles. The Morgan fingerprint density at radius 2 is 1.91 bits per heavy atom. The second-order valence-electron chi connectivity index (χ2n) is 5.09. The topological polar surface area (TPSA) is 84.8 Å². The number of pyridine rings is 1. The van der Waals surface area contributed by atoms with Crippen molar-refractivity contribution in [3.05, 3.63) is 70.0 Å². The molecule has 116 valence electrons. The Labute approximate surface area is 131 Å². The Kier molecular flexibility index (Phi) is 3.57. The Bertz CT molecular complexity index is 927. The normalized spacial score (nSPS) is 10.8. The van der Waals surface area contributed by atoms with Crippen LogP contribution in [0.5, 0.6) is 0 Å². The number of carboxylic acid groups (broad SMARTS) is 1. The predicted octanol–water partition coefficient (Wildman–Crippen LogP) is 3.78. The number of fused-ring (bicyclic) bond motifs is 1. The van der Waals surface area contributed by atoms with Crippen molar-refractivity contribution in [1.82, 2.24) is 4.40 Å². The smallest absolute Gasteiger partial charge is 0.338 e. The summed E-state index contributed by atoms with van der Waals surface area (Å²) in [5.74, 6) is -1.10. The highest BCUT2D eigenvalue weighted by molar-refractivity contribution is 6.05. The fourth-order valence-electron chi connectivity index (χ4n) is 2.97. The fraction of sp³-hybridized carbons (Fsp3) is 0.118. The molecule has 3 aromatic rings. The van der Waals surface area contributed by atoms with E-state index in [-0.39, 0.29) is 11.3 Å². The van der Waals surface area contributed by atoms with Crippen molar-refractivity contribution in [3.8, 4) is 11.1 Å². The lowest BCUT2D eigenvalue weighted by molar-refractivity contribution is -0.384. The van der Waals surface area contributed by atoms with E-state index in [9.17, 15) is 20.0 Å². The van der Waals surface area contributed by atoms with Gasteiger partial charge in [0.05, 0.1) is 21.6 Å². The first-order valence-electron chi connectivity index (χ1n) is 7.15. The molecule has 1 N–H and O–H groups in total. The molecule has 0 radical (unpaired) electrons. The van der Waals surface area contributed by atoms with Crippen molar-refractivity contribution < 1.29 is 14.8 Å². The van der Waals surface area contributed by atoms with Gasteiger partial charge in [-0.15, -0.1) is 0 Å². The zero-order valence-electron chi connectivity index (χ0n) is 12.4. The number of nitro groups is 1. The Morgan fingerprint density at radius 1 is 1.22 bits per heavy atom. The monoisotopic (exact) mass is 310 g/mol. The van der Waals surface area contributed by atoms with E-state index in [0.29, 0.717) is 23.1 Å². The van der Waals surface area contributed by atoms with Crippen molar-refractivity contribution >= 4 is 17.2 Å². The molecule has 1 aromatic carbocycles. The summed E-state index contributed by atoms with van der Waals surface area (Å²) in [5.41, 5.74) is 2.02. The van der Waals surface area contributed by atoms with Gasteiger partial charge in [0.15, 0.2) is 0 Å². The number of aryl methyl sites for hydroxylation is 1. The van der Waals surface area contributed by atoms with Gasteiger partial charge in [0.1, 0.15) is 0 Å². The number of aromatic nitrogens is 1. The molecule has 6 nitrogen and oxygen atoms in total. The van der Waals surface area contributed by atoms with Gasteiger partial charge in [0.25, 0.3) is 5.69 Å². The maximum atomic E-state index is 11.8. The lowest BCUT2D eigenvalue weighted by atomic mass is 9.98. The molecule has 0 aliphatic carbocycles. The first-order valence-corrected chi connectivity index (χ1v) is 7.15. The predicted molar refractivity (Wildman–Crippen MR) is 85.8 cm³/mol. The zero-order valence-corrected chi connectivity index (χ0v) is 12.4. The zero-order chi connectivity index (χ0) is 16.6. The minimum atomic E-state index is -1.10. The molecule has 0 amide bonds. The van der Waals surface area contributed by atoms with Crippen molar-refractivity contribution in [3.63, 3.8) is 0 Å². The minimum absolute atomic E-state index is 0.0942. The van der Waals surface area contributed by atoms with Gasteiger partial charge in [0.2, 0.25) is 0 Å². The highest BCUT2D eigenvalue weighted by Crippen LogP contribution is 2.38. The highest BCUT2D eigenvalue weighted by atomic mass is 16.6. The highest BCUT2D eigenvalue weighted by Gasteiger charge is 2.27. The number of aromatic carboxylic acids is 1. The van der Waals surface area contributed by atoms with Gasteiger partial charge in [-0.25, -0.2) is 4.79 Å². The average molecular weight is 310 g/mol. The summed E-state index contributed by atoms with van der Waals surface area (Å²) in [7, 11) is 0. The molecule has 23 heavy (non-hydrogen) atoms. The minimum Gasteiger partial charge on any atom is -0.478 e. The van der Waals surface area contributed by atoms with Crippen LogP contribution in [0.1, 0.15) is 23.0 Å². The van der Waals surface area contributed by atoms with Gasteiger partial charge in [0, 0.05) is 23.5 Å². The van der Waals surface area contributed by atoms with Crippen LogP contribution >= 0.6 is 0 Å². The lowest BCUT2D eigenvalue weighted by Crippen LogP contribution is -2.00. The fourth-order valence-corrected chi connectivity index (χ4v) is 2.97. The molecule has 0 aliphatic rings. The van der Waals surface area contributed by atoms with Crippen LogP contribution in [0.4, 0.5) is 5.69 Å². The number of para-hydroxylation sites is 1. The van der Waals surface area contributed by atoms with Gasteiger partial charge in [-0.05, 0) is 24.6 Å². The number of nitro benzene ring substituents is 1. The Morgan fingerprint density at radius 3 is 2.57 bits per heavy atom. The molecule has 0 spiro atoms. The molecular weight excluding hydrogens is 296 g/mol. The third kappa shape index (κ3) is 2.24. The van der Waals surface area contributed by atoms with Crippen LogP contribution in [-0.2, 0) is 6.42 Å². The van der Waals surface area contributed by atoms with E-state index in [0.717, 1.165) is 5.69 Å². The van der Waals surface area contributed by atoms with Crippen LogP contribution in [0.15, 0.2) is 48.7 Å². The number of hydrogen-bond acceptors (Lipinski definition) is 3. The first-order chi connectivity index (χ1) is 11.1. The maximum Gasteiger partial charge on any atom is 0.338 e. The van der Waals surface area contributed by atoms with Crippen LogP contribution in [0.25, 0.3) is 16.6 Å². The SMILES string of the molecule is CCc1c(-c2ccccc2[N+](=O)[O-])c(C(=O)O)c2ccccn12. The molecule has 0 atom stereocenters. The lowest BCUT2D eigenvalue weighted by Gasteiger charge is -2.06. The number of carboxylic acids is 1. The van der Waals surface area contributed by atoms with E-state index >= 15 is 0 Å². The molecule has 0 saturated heterocycles. The van der Waals surface area contributed by atoms with Crippen molar-refractivity contribution in [2.75, 3.05) is 0 Å². The van der Waals surface area contributed by atoms with Gasteiger partial charge in [-0.2, -0.15) is 0 Å². The molecule has 0 fully saturated rings. The van der Waals surface area contributed by atoms with E-state index in [4.69, 9.17) is 0 Å². The van der Waals surface area contributed by atoms with Crippen molar-refractivity contribution in [2.24, 2.45) is 0 Å². The van der Waals surface area contributed by atoms with Crippen LogP contribution in [0, 0.1) is 10.1 Å². The van der Waals surface area contributed by atoms with Crippen LogP contribution in [0.2, 0.25) is 0 Å². The van der Waals surface area contributed by atoms with Crippen LogP contribution < -0.4 is 0 Å². The third-order valence-electron chi connectivity index (χ3n) is 3.86. The number of carbonyl (C=O) groups is 1. The number of hydrogen-bond donors (Lipinski definition) is 1. The Balaban J connectivity index is 2.49. The number of benzene rings is 1. The van der Waals surface area contributed by atoms with Gasteiger partial charge in [-0.3, -0.25) is 10.1 Å². The standard InChI is InChI=1S/C17H14N2O4/c1-2-12-15(11-7-3-4-8-13(11)19(22)23)16(17(20)21)14-9-5-6-10-18(12)14/h3-10H,2H2,1H3,(H,20,21). The second-order valence-corrected chi connectivity index (χ2v) is 5.09. The summed E-state index contributed by atoms with van der Waals surface area (Å²) < 4.78 is 1.79. The maximum absolute atomic E-state index is 11.8. The first kappa shape index (κ1) is 14.8. The third-order valence-corrected chi connectivity index (χ3v) is 3.86. The van der Waals surface area contributed by atoms with Crippen molar-refractivity contribution in [2.45, 2.75) is 13.3 Å². The summed E-state index contributed by atoms with van der Waals surface area (Å²) in [6, 6.07) is 11.5. The van der Waals surface area contributed by atoms with Crippen molar-refractivity contribution in [1.29, 1.82) is 0 Å². The van der Waals surface area contributed by atoms with Crippen LogP contribution in [-0.4, -0.2) is 20.4 Å². The molecule has 0 unspecified atom stereocenters. The van der Waals surface area contributed by atoms with E-state index < -0.39 is 10.9 Å². The van der Waals surface area contributed by atoms with Gasteiger partial charge in [-0.1, -0.05) is 25.1 Å². The Hall–Kier alpha value is -3.15.